The van der Waals surface area contributed by atoms with E-state index < -0.39 is 0 Å². The number of nitrogens with zero attached hydrogens (tertiary/aromatic N) is 3. The van der Waals surface area contributed by atoms with E-state index in [0.29, 0.717) is 12.0 Å². The van der Waals surface area contributed by atoms with Gasteiger partial charge in [-0.15, -0.1) is 0 Å². The van der Waals surface area contributed by atoms with Gasteiger partial charge in [-0.25, -0.2) is 4.98 Å². The van der Waals surface area contributed by atoms with Crippen molar-refractivity contribution in [3.63, 3.8) is 0 Å². The molecule has 20 heavy (non-hydrogen) atoms. The van der Waals surface area contributed by atoms with E-state index in [-0.39, 0.29) is 0 Å². The lowest BCUT2D eigenvalue weighted by molar-refractivity contribution is 0.390. The molecule has 2 N–H and O–H groups in total. The summed E-state index contributed by atoms with van der Waals surface area (Å²) >= 11 is 0. The van der Waals surface area contributed by atoms with Crippen molar-refractivity contribution in [1.82, 2.24) is 14.9 Å². The summed E-state index contributed by atoms with van der Waals surface area (Å²) in [6.45, 7) is 3.23. The second-order valence-electron chi connectivity index (χ2n) is 5.30. The lowest BCUT2D eigenvalue weighted by atomic mass is 10.2. The molecular weight excluding hydrogens is 250 g/mol. The molecule has 1 unspecified atom stereocenters. The van der Waals surface area contributed by atoms with Crippen LogP contribution in [0.25, 0.3) is 10.9 Å². The van der Waals surface area contributed by atoms with Gasteiger partial charge in [-0.3, -0.25) is 0 Å². The number of anilines is 2. The minimum absolute atomic E-state index is 0.361. The van der Waals surface area contributed by atoms with Crippen LogP contribution in [0.1, 0.15) is 13.3 Å². The van der Waals surface area contributed by atoms with E-state index in [9.17, 15) is 0 Å². The zero-order chi connectivity index (χ0) is 14.5. The highest BCUT2D eigenvalue weighted by Gasteiger charge is 2.09. The zero-order valence-corrected chi connectivity index (χ0v) is 12.6. The van der Waals surface area contributed by atoms with Crippen LogP contribution >= 0.6 is 0 Å². The van der Waals surface area contributed by atoms with Gasteiger partial charge in [-0.2, -0.15) is 4.98 Å². The summed E-state index contributed by atoms with van der Waals surface area (Å²) in [7, 11) is 6.02. The van der Waals surface area contributed by atoms with Gasteiger partial charge >= 0.3 is 0 Å². The van der Waals surface area contributed by atoms with E-state index in [1.54, 1.807) is 0 Å². The second-order valence-corrected chi connectivity index (χ2v) is 5.30. The Morgan fingerprint density at radius 2 is 1.95 bits per heavy atom. The van der Waals surface area contributed by atoms with Crippen molar-refractivity contribution in [3.05, 3.63) is 24.3 Å². The van der Waals surface area contributed by atoms with Gasteiger partial charge in [-0.1, -0.05) is 12.1 Å². The summed E-state index contributed by atoms with van der Waals surface area (Å²) in [4.78, 5) is 11.2. The fourth-order valence-electron chi connectivity index (χ4n) is 2.06. The molecule has 2 rings (SSSR count). The predicted molar refractivity (Wildman–Crippen MR) is 85.3 cm³/mol. The lowest BCUT2D eigenvalue weighted by Crippen LogP contribution is -2.23. The lowest BCUT2D eigenvalue weighted by Gasteiger charge is -2.18. The van der Waals surface area contributed by atoms with Crippen molar-refractivity contribution in [2.45, 2.75) is 19.4 Å². The number of hydrogen-bond acceptors (Lipinski definition) is 5. The number of benzene rings is 1. The van der Waals surface area contributed by atoms with Crippen molar-refractivity contribution in [3.8, 4) is 0 Å². The first-order chi connectivity index (χ1) is 9.60. The normalized spacial score (nSPS) is 12.7. The van der Waals surface area contributed by atoms with Crippen LogP contribution in [0, 0.1) is 0 Å². The Morgan fingerprint density at radius 1 is 1.20 bits per heavy atom. The van der Waals surface area contributed by atoms with Gasteiger partial charge in [0.05, 0.1) is 5.52 Å². The smallest absolute Gasteiger partial charge is 0.224 e. The number of para-hydroxylation sites is 1. The Labute approximate surface area is 120 Å². The molecule has 0 amide bonds. The minimum atomic E-state index is 0.361. The summed E-state index contributed by atoms with van der Waals surface area (Å²) < 4.78 is 0. The highest BCUT2D eigenvalue weighted by Crippen LogP contribution is 2.22. The number of aromatic nitrogens is 2. The van der Waals surface area contributed by atoms with E-state index in [1.807, 2.05) is 25.2 Å². The van der Waals surface area contributed by atoms with Crippen molar-refractivity contribution in [2.75, 3.05) is 38.3 Å². The third-order valence-corrected chi connectivity index (χ3v) is 3.22. The molecule has 0 bridgehead atoms. The molecule has 5 nitrogen and oxygen atoms in total. The molecule has 5 heteroatoms. The van der Waals surface area contributed by atoms with Crippen molar-refractivity contribution < 1.29 is 0 Å². The third-order valence-electron chi connectivity index (χ3n) is 3.22. The summed E-state index contributed by atoms with van der Waals surface area (Å²) in [5, 5.41) is 7.57. The van der Waals surface area contributed by atoms with E-state index >= 15 is 0 Å². The Balaban J connectivity index is 2.23. The molecular formula is C15H23N5. The number of nitrogens with one attached hydrogen (secondary N) is 2. The van der Waals surface area contributed by atoms with Gasteiger partial charge in [0.2, 0.25) is 5.95 Å². The van der Waals surface area contributed by atoms with Crippen LogP contribution in [-0.2, 0) is 0 Å². The molecule has 108 valence electrons. The highest BCUT2D eigenvalue weighted by atomic mass is 15.1. The quantitative estimate of drug-likeness (QED) is 0.846. The molecule has 0 aliphatic heterocycles. The SMILES string of the molecule is CNc1nc(NC(C)CCN(C)C)c2ccccc2n1. The molecule has 1 aromatic heterocycles. The van der Waals surface area contributed by atoms with Gasteiger partial charge in [0.1, 0.15) is 5.82 Å². The number of fused-ring (bicyclic) bond motifs is 1. The van der Waals surface area contributed by atoms with Crippen molar-refractivity contribution >= 4 is 22.7 Å². The van der Waals surface area contributed by atoms with Crippen molar-refractivity contribution in [1.29, 1.82) is 0 Å². The molecule has 0 fully saturated rings. The molecule has 0 aliphatic carbocycles. The van der Waals surface area contributed by atoms with Crippen LogP contribution in [0.4, 0.5) is 11.8 Å². The Morgan fingerprint density at radius 3 is 2.65 bits per heavy atom. The molecule has 0 saturated heterocycles. The Hall–Kier alpha value is -1.88. The van der Waals surface area contributed by atoms with Crippen LogP contribution in [0.3, 0.4) is 0 Å². The first kappa shape index (κ1) is 14.5. The first-order valence-electron chi connectivity index (χ1n) is 6.96. The van der Waals surface area contributed by atoms with Gasteiger partial charge in [-0.05, 0) is 46.1 Å². The minimum Gasteiger partial charge on any atom is -0.367 e. The van der Waals surface area contributed by atoms with E-state index in [1.165, 1.54) is 0 Å². The predicted octanol–water partition coefficient (Wildman–Crippen LogP) is 2.42. The Kier molecular flexibility index (Phi) is 4.74. The monoisotopic (exact) mass is 273 g/mol. The summed E-state index contributed by atoms with van der Waals surface area (Å²) in [6, 6.07) is 8.43. The van der Waals surface area contributed by atoms with Crippen molar-refractivity contribution in [2.24, 2.45) is 0 Å². The summed E-state index contributed by atoms with van der Waals surface area (Å²) in [5.74, 6) is 1.54. The molecule has 0 aliphatic rings. The third kappa shape index (κ3) is 3.57. The van der Waals surface area contributed by atoms with Crippen LogP contribution in [0.2, 0.25) is 0 Å². The average Bonchev–Trinajstić information content (AvgIpc) is 2.45. The molecule has 2 aromatic rings. The molecule has 1 aromatic carbocycles. The zero-order valence-electron chi connectivity index (χ0n) is 12.6. The topological polar surface area (TPSA) is 53.1 Å². The average molecular weight is 273 g/mol. The molecule has 1 atom stereocenters. The maximum Gasteiger partial charge on any atom is 0.224 e. The molecule has 0 spiro atoms. The fourth-order valence-corrected chi connectivity index (χ4v) is 2.06. The second kappa shape index (κ2) is 6.52. The maximum absolute atomic E-state index is 4.54. The molecule has 1 heterocycles. The van der Waals surface area contributed by atoms with Crippen LogP contribution in [-0.4, -0.2) is 48.6 Å². The van der Waals surface area contributed by atoms with Gasteiger partial charge in [0.25, 0.3) is 0 Å². The maximum atomic E-state index is 4.54. The first-order valence-corrected chi connectivity index (χ1v) is 6.96. The Bertz CT molecular complexity index is 567. The van der Waals surface area contributed by atoms with E-state index in [4.69, 9.17) is 0 Å². The van der Waals surface area contributed by atoms with Gasteiger partial charge in [0.15, 0.2) is 0 Å². The van der Waals surface area contributed by atoms with E-state index in [0.717, 1.165) is 29.7 Å². The highest BCUT2D eigenvalue weighted by molar-refractivity contribution is 5.90. The fraction of sp³-hybridized carbons (Fsp3) is 0.467. The number of hydrogen-bond donors (Lipinski definition) is 2. The van der Waals surface area contributed by atoms with Gasteiger partial charge < -0.3 is 15.5 Å². The van der Waals surface area contributed by atoms with Crippen LogP contribution < -0.4 is 10.6 Å². The van der Waals surface area contributed by atoms with Gasteiger partial charge in [0, 0.05) is 18.5 Å². The molecule has 0 saturated carbocycles. The van der Waals surface area contributed by atoms with Crippen LogP contribution in [0.15, 0.2) is 24.3 Å². The summed E-state index contributed by atoms with van der Waals surface area (Å²) in [5.41, 5.74) is 0.953. The largest absolute Gasteiger partial charge is 0.367 e. The number of rotatable bonds is 6. The van der Waals surface area contributed by atoms with Crippen LogP contribution in [0.5, 0.6) is 0 Å². The summed E-state index contributed by atoms with van der Waals surface area (Å²) in [6.07, 6.45) is 1.07. The standard InChI is InChI=1S/C15H23N5/c1-11(9-10-20(3)4)17-14-12-7-5-6-8-13(12)18-15(16-2)19-14/h5-8,11H,9-10H2,1-4H3,(H2,16,17,18,19). The van der Waals surface area contributed by atoms with E-state index in [2.05, 4.69) is 52.6 Å². The molecule has 0 radical (unpaired) electrons.